The number of thiophene rings is 1. The lowest BCUT2D eigenvalue weighted by Gasteiger charge is -2.11. The van der Waals surface area contributed by atoms with E-state index in [1.807, 2.05) is 18.2 Å². The maximum Gasteiger partial charge on any atom is 0.164 e. The van der Waals surface area contributed by atoms with Crippen LogP contribution in [0.25, 0.3) is 120 Å². The minimum absolute atomic E-state index is 0.631. The van der Waals surface area contributed by atoms with Gasteiger partial charge in [0.15, 0.2) is 17.5 Å². The molecule has 0 aliphatic heterocycles. The third kappa shape index (κ3) is 5.25. The molecule has 0 radical (unpaired) electrons. The fourth-order valence-electron chi connectivity index (χ4n) is 8.63. The van der Waals surface area contributed by atoms with E-state index >= 15 is 0 Å². The van der Waals surface area contributed by atoms with Crippen molar-refractivity contribution in [2.24, 2.45) is 0 Å². The van der Waals surface area contributed by atoms with E-state index in [2.05, 4.69) is 170 Å². The van der Waals surface area contributed by atoms with Crippen LogP contribution >= 0.6 is 11.3 Å². The third-order valence-corrected chi connectivity index (χ3v) is 12.5. The lowest BCUT2D eigenvalue weighted by molar-refractivity contribution is 0.669. The Hall–Kier alpha value is -7.47. The van der Waals surface area contributed by atoms with Gasteiger partial charge in [-0.2, -0.15) is 0 Å². The predicted molar refractivity (Wildman–Crippen MR) is 242 cm³/mol. The molecular formula is C53H31N3OS. The Morgan fingerprint density at radius 3 is 1.79 bits per heavy atom. The van der Waals surface area contributed by atoms with E-state index in [0.717, 1.165) is 55.3 Å². The van der Waals surface area contributed by atoms with Crippen LogP contribution in [0.3, 0.4) is 0 Å². The number of hydrogen-bond acceptors (Lipinski definition) is 5. The van der Waals surface area contributed by atoms with Gasteiger partial charge in [0.2, 0.25) is 0 Å². The van der Waals surface area contributed by atoms with Crippen molar-refractivity contribution in [3.8, 4) is 56.4 Å². The van der Waals surface area contributed by atoms with Crippen LogP contribution in [-0.4, -0.2) is 15.0 Å². The Kier molecular flexibility index (Phi) is 7.37. The monoisotopic (exact) mass is 757 g/mol. The van der Waals surface area contributed by atoms with Crippen LogP contribution in [0.5, 0.6) is 0 Å². The second-order valence-electron chi connectivity index (χ2n) is 14.7. The number of rotatable bonds is 5. The highest BCUT2D eigenvalue weighted by atomic mass is 32.1. The van der Waals surface area contributed by atoms with Crippen molar-refractivity contribution in [2.75, 3.05) is 0 Å². The summed E-state index contributed by atoms with van der Waals surface area (Å²) in [6.07, 6.45) is 0. The van der Waals surface area contributed by atoms with Crippen LogP contribution < -0.4 is 0 Å². The van der Waals surface area contributed by atoms with E-state index < -0.39 is 0 Å². The Morgan fingerprint density at radius 2 is 0.948 bits per heavy atom. The molecule has 0 spiro atoms. The third-order valence-electron chi connectivity index (χ3n) is 11.3. The summed E-state index contributed by atoms with van der Waals surface area (Å²) in [7, 11) is 0. The standard InChI is InChI=1S/C53H31N3OS/c1-2-12-33(13-3-1)51-54-52(56-53(55-51)42-20-11-23-48-50(42)41-18-8-9-22-47(41)58-48)34-26-24-32(25-27-34)38-19-10-21-46-49(38)44-31-36(28-29-45(44)57-46)43-30-35-14-4-5-15-37(35)39-16-6-7-17-40(39)43/h1-31H. The first-order valence-corrected chi connectivity index (χ1v) is 20.2. The van der Waals surface area contributed by atoms with Crippen LogP contribution in [0.1, 0.15) is 0 Å². The summed E-state index contributed by atoms with van der Waals surface area (Å²) < 4.78 is 8.95. The molecule has 0 atom stereocenters. The van der Waals surface area contributed by atoms with Gasteiger partial charge in [0.25, 0.3) is 0 Å². The summed E-state index contributed by atoms with van der Waals surface area (Å²) in [5.74, 6) is 1.93. The molecule has 4 nitrogen and oxygen atoms in total. The molecule has 0 fully saturated rings. The molecule has 0 aliphatic carbocycles. The first kappa shape index (κ1) is 32.7. The zero-order valence-electron chi connectivity index (χ0n) is 31.1. The van der Waals surface area contributed by atoms with Gasteiger partial charge >= 0.3 is 0 Å². The van der Waals surface area contributed by atoms with Crippen LogP contribution in [0.2, 0.25) is 0 Å². The molecule has 0 bridgehead atoms. The van der Waals surface area contributed by atoms with Gasteiger partial charge in [0, 0.05) is 47.6 Å². The fraction of sp³-hybridized carbons (Fsp3) is 0. The lowest BCUT2D eigenvalue weighted by Crippen LogP contribution is -2.00. The Labute approximate surface area is 337 Å². The normalized spacial score (nSPS) is 11.8. The molecule has 0 aliphatic rings. The minimum atomic E-state index is 0.631. The largest absolute Gasteiger partial charge is 0.456 e. The van der Waals surface area contributed by atoms with Crippen molar-refractivity contribution >= 4 is 75.0 Å². The van der Waals surface area contributed by atoms with Gasteiger partial charge in [-0.25, -0.2) is 15.0 Å². The maximum absolute atomic E-state index is 6.49. The van der Waals surface area contributed by atoms with Crippen molar-refractivity contribution in [2.45, 2.75) is 0 Å². The topological polar surface area (TPSA) is 51.8 Å². The smallest absolute Gasteiger partial charge is 0.164 e. The van der Waals surface area contributed by atoms with Crippen LogP contribution in [0.15, 0.2) is 192 Å². The zero-order valence-corrected chi connectivity index (χ0v) is 31.9. The Balaban J connectivity index is 0.989. The van der Waals surface area contributed by atoms with Gasteiger partial charge in [0.1, 0.15) is 11.2 Å². The number of nitrogens with zero attached hydrogens (tertiary/aromatic N) is 3. The van der Waals surface area contributed by atoms with Gasteiger partial charge in [-0.3, -0.25) is 0 Å². The van der Waals surface area contributed by atoms with Crippen molar-refractivity contribution in [3.63, 3.8) is 0 Å². The van der Waals surface area contributed by atoms with Crippen molar-refractivity contribution in [1.82, 2.24) is 15.0 Å². The summed E-state index contributed by atoms with van der Waals surface area (Å²) >= 11 is 1.80. The molecule has 58 heavy (non-hydrogen) atoms. The molecule has 5 heteroatoms. The van der Waals surface area contributed by atoms with E-state index in [1.165, 1.54) is 47.3 Å². The summed E-state index contributed by atoms with van der Waals surface area (Å²) in [6, 6.07) is 66.3. The summed E-state index contributed by atoms with van der Waals surface area (Å²) in [6.45, 7) is 0. The highest BCUT2D eigenvalue weighted by Gasteiger charge is 2.19. The first-order valence-electron chi connectivity index (χ1n) is 19.4. The highest BCUT2D eigenvalue weighted by molar-refractivity contribution is 7.25. The van der Waals surface area contributed by atoms with E-state index in [-0.39, 0.29) is 0 Å². The number of benzene rings is 9. The number of aromatic nitrogens is 3. The van der Waals surface area contributed by atoms with Crippen molar-refractivity contribution < 1.29 is 4.42 Å². The van der Waals surface area contributed by atoms with Crippen molar-refractivity contribution in [1.29, 1.82) is 0 Å². The average molecular weight is 758 g/mol. The van der Waals surface area contributed by atoms with Crippen LogP contribution in [0.4, 0.5) is 0 Å². The molecular weight excluding hydrogens is 727 g/mol. The van der Waals surface area contributed by atoms with E-state index in [4.69, 9.17) is 19.4 Å². The molecule has 3 heterocycles. The second kappa shape index (κ2) is 13.1. The predicted octanol–water partition coefficient (Wildman–Crippen LogP) is 14.8. The zero-order chi connectivity index (χ0) is 38.2. The maximum atomic E-state index is 6.49. The van der Waals surface area contributed by atoms with Gasteiger partial charge < -0.3 is 4.42 Å². The average Bonchev–Trinajstić information content (AvgIpc) is 3.87. The van der Waals surface area contributed by atoms with Crippen molar-refractivity contribution in [3.05, 3.63) is 188 Å². The van der Waals surface area contributed by atoms with Crippen LogP contribution in [-0.2, 0) is 0 Å². The van der Waals surface area contributed by atoms with Gasteiger partial charge in [-0.1, -0.05) is 152 Å². The highest BCUT2D eigenvalue weighted by Crippen LogP contribution is 2.42. The van der Waals surface area contributed by atoms with E-state index in [0.29, 0.717) is 17.5 Å². The molecule has 12 rings (SSSR count). The number of fused-ring (bicyclic) bond motifs is 9. The second-order valence-corrected chi connectivity index (χ2v) is 15.8. The number of hydrogen-bond donors (Lipinski definition) is 0. The fourth-order valence-corrected chi connectivity index (χ4v) is 9.76. The minimum Gasteiger partial charge on any atom is -0.456 e. The summed E-state index contributed by atoms with van der Waals surface area (Å²) in [5, 5.41) is 9.56. The molecule has 12 aromatic rings. The van der Waals surface area contributed by atoms with E-state index in [9.17, 15) is 0 Å². The molecule has 0 unspecified atom stereocenters. The molecule has 0 saturated heterocycles. The van der Waals surface area contributed by atoms with E-state index in [1.54, 1.807) is 11.3 Å². The molecule has 9 aromatic carbocycles. The Morgan fingerprint density at radius 1 is 0.328 bits per heavy atom. The first-order chi connectivity index (χ1) is 28.7. The molecule has 0 amide bonds. The molecule has 0 N–H and O–H groups in total. The molecule has 3 aromatic heterocycles. The van der Waals surface area contributed by atoms with Gasteiger partial charge in [-0.15, -0.1) is 11.3 Å². The number of furan rings is 1. The van der Waals surface area contributed by atoms with Gasteiger partial charge in [-0.05, 0) is 80.2 Å². The molecule has 0 saturated carbocycles. The summed E-state index contributed by atoms with van der Waals surface area (Å²) in [4.78, 5) is 15.3. The SMILES string of the molecule is c1ccc(-c2nc(-c3ccc(-c4cccc5oc6ccc(-c7cc8ccccc8c8ccccc78)cc6c45)cc3)nc(-c3cccc4sc5ccccc5c34)n2)cc1. The Bertz CT molecular complexity index is 3570. The quantitative estimate of drug-likeness (QED) is 0.164. The lowest BCUT2D eigenvalue weighted by atomic mass is 9.92. The molecule has 270 valence electrons. The summed E-state index contributed by atoms with van der Waals surface area (Å²) in [5.41, 5.74) is 9.17. The van der Waals surface area contributed by atoms with Crippen LogP contribution in [0, 0.1) is 0 Å². The van der Waals surface area contributed by atoms with Gasteiger partial charge in [0.05, 0.1) is 0 Å².